The van der Waals surface area contributed by atoms with Gasteiger partial charge in [0.15, 0.2) is 10.6 Å². The average molecular weight is 368 g/mol. The molecule has 2 aromatic rings. The van der Waals surface area contributed by atoms with Crippen molar-refractivity contribution in [2.75, 3.05) is 7.11 Å². The van der Waals surface area contributed by atoms with Crippen molar-refractivity contribution in [3.05, 3.63) is 56.4 Å². The van der Waals surface area contributed by atoms with Gasteiger partial charge in [-0.25, -0.2) is 9.59 Å². The zero-order valence-corrected chi connectivity index (χ0v) is 14.8. The summed E-state index contributed by atoms with van der Waals surface area (Å²) >= 11 is 0. The van der Waals surface area contributed by atoms with E-state index in [1.807, 2.05) is 0 Å². The number of para-hydroxylation sites is 1. The average Bonchev–Trinajstić information content (AvgIpc) is 2.57. The molecule has 1 aromatic heterocycles. The van der Waals surface area contributed by atoms with E-state index < -0.39 is 32.2 Å². The molecule has 0 aliphatic heterocycles. The highest BCUT2D eigenvalue weighted by Crippen LogP contribution is 2.23. The third-order valence-electron chi connectivity index (χ3n) is 3.65. The lowest BCUT2D eigenvalue weighted by atomic mass is 10.2. The molecule has 0 aliphatic rings. The second-order valence-electron chi connectivity index (χ2n) is 5.15. The smallest absolute Gasteiger partial charge is 0.346 e. The van der Waals surface area contributed by atoms with E-state index in [0.717, 1.165) is 18.7 Å². The van der Waals surface area contributed by atoms with E-state index in [1.54, 1.807) is 0 Å². The maximum Gasteiger partial charge on any atom is 0.346 e. The molecule has 0 saturated carbocycles. The Labute approximate surface area is 143 Å². The van der Waals surface area contributed by atoms with Gasteiger partial charge in [-0.15, -0.1) is 0 Å². The minimum atomic E-state index is -4.60. The number of hydrogen-bond acceptors (Lipinski definition) is 7. The predicted octanol–water partition coefficient (Wildman–Crippen LogP) is -0.0533. The van der Waals surface area contributed by atoms with Gasteiger partial charge in [-0.05, 0) is 19.1 Å². The number of benzene rings is 1. The molecule has 0 fully saturated rings. The molecule has 9 nitrogen and oxygen atoms in total. The van der Waals surface area contributed by atoms with E-state index in [9.17, 15) is 22.8 Å². The summed E-state index contributed by atoms with van der Waals surface area (Å²) in [7, 11) is -0.972. The van der Waals surface area contributed by atoms with E-state index in [1.165, 1.54) is 38.2 Å². The van der Waals surface area contributed by atoms with Crippen molar-refractivity contribution in [3.8, 4) is 5.75 Å². The number of carbonyl (C=O) groups is 1. The van der Waals surface area contributed by atoms with Crippen LogP contribution in [0, 0.1) is 6.92 Å². The van der Waals surface area contributed by atoms with Gasteiger partial charge in [0.2, 0.25) is 0 Å². The highest BCUT2D eigenvalue weighted by Gasteiger charge is 2.29. The van der Waals surface area contributed by atoms with Gasteiger partial charge in [0.25, 0.3) is 5.56 Å². The topological polar surface area (TPSA) is 114 Å². The molecule has 0 bridgehead atoms. The Kier molecular flexibility index (Phi) is 4.84. The van der Waals surface area contributed by atoms with Crippen LogP contribution < -0.4 is 15.4 Å². The number of rotatable bonds is 4. The van der Waals surface area contributed by atoms with E-state index in [4.69, 9.17) is 4.18 Å². The van der Waals surface area contributed by atoms with Crippen LogP contribution in [0.5, 0.6) is 5.75 Å². The number of carbonyl (C=O) groups excluding carboxylic acids is 1. The van der Waals surface area contributed by atoms with Crippen LogP contribution in [-0.4, -0.2) is 30.6 Å². The lowest BCUT2D eigenvalue weighted by Crippen LogP contribution is -2.41. The Balaban J connectivity index is 2.66. The number of hydrogen-bond donors (Lipinski definition) is 0. The summed E-state index contributed by atoms with van der Waals surface area (Å²) in [5, 5.41) is 0. The number of esters is 1. The standard InChI is InChI=1S/C15H16N2O7S/c1-9-12(13(18)17(3)15(20)16(9)2)25(21,22)24-11-8-6-5-7-10(11)14(19)23-4/h5-8H,1-4H3. The fraction of sp³-hybridized carbons (Fsp3) is 0.267. The molecule has 0 aliphatic carbocycles. The molecule has 0 amide bonds. The van der Waals surface area contributed by atoms with Crippen LogP contribution in [0.25, 0.3) is 0 Å². The molecule has 0 radical (unpaired) electrons. The van der Waals surface area contributed by atoms with Crippen molar-refractivity contribution in [2.45, 2.75) is 11.8 Å². The number of ether oxygens (including phenoxy) is 1. The van der Waals surface area contributed by atoms with Gasteiger partial charge in [0, 0.05) is 19.8 Å². The van der Waals surface area contributed by atoms with E-state index in [2.05, 4.69) is 4.74 Å². The first kappa shape index (κ1) is 18.5. The quantitative estimate of drug-likeness (QED) is 0.549. The normalized spacial score (nSPS) is 11.2. The second kappa shape index (κ2) is 6.55. The summed E-state index contributed by atoms with van der Waals surface area (Å²) in [6.45, 7) is 1.31. The van der Waals surface area contributed by atoms with Crippen molar-refractivity contribution in [1.29, 1.82) is 0 Å². The van der Waals surface area contributed by atoms with Gasteiger partial charge in [-0.1, -0.05) is 12.1 Å². The van der Waals surface area contributed by atoms with Gasteiger partial charge in [-0.3, -0.25) is 13.9 Å². The Morgan fingerprint density at radius 3 is 2.28 bits per heavy atom. The van der Waals surface area contributed by atoms with Gasteiger partial charge in [0.05, 0.1) is 7.11 Å². The maximum absolute atomic E-state index is 12.6. The van der Waals surface area contributed by atoms with Gasteiger partial charge in [0.1, 0.15) is 5.56 Å². The first-order chi connectivity index (χ1) is 11.6. The Bertz CT molecular complexity index is 1060. The van der Waals surface area contributed by atoms with E-state index in [-0.39, 0.29) is 17.0 Å². The van der Waals surface area contributed by atoms with Gasteiger partial charge < -0.3 is 8.92 Å². The molecular formula is C15H16N2O7S. The van der Waals surface area contributed by atoms with Crippen molar-refractivity contribution >= 4 is 16.1 Å². The van der Waals surface area contributed by atoms with Crippen molar-refractivity contribution in [3.63, 3.8) is 0 Å². The van der Waals surface area contributed by atoms with E-state index in [0.29, 0.717) is 4.57 Å². The molecule has 10 heteroatoms. The highest BCUT2D eigenvalue weighted by molar-refractivity contribution is 7.87. The molecule has 1 aromatic carbocycles. The summed E-state index contributed by atoms with van der Waals surface area (Å²) < 4.78 is 36.5. The fourth-order valence-electron chi connectivity index (χ4n) is 2.18. The number of nitrogens with zero attached hydrogens (tertiary/aromatic N) is 2. The molecule has 0 saturated heterocycles. The van der Waals surface area contributed by atoms with E-state index >= 15 is 0 Å². The lowest BCUT2D eigenvalue weighted by Gasteiger charge is -2.14. The molecule has 134 valence electrons. The molecule has 25 heavy (non-hydrogen) atoms. The van der Waals surface area contributed by atoms with Crippen LogP contribution in [0.15, 0.2) is 38.8 Å². The summed E-state index contributed by atoms with van der Waals surface area (Å²) in [5.74, 6) is -1.08. The Morgan fingerprint density at radius 2 is 1.68 bits per heavy atom. The molecule has 2 rings (SSSR count). The first-order valence-corrected chi connectivity index (χ1v) is 8.41. The van der Waals surface area contributed by atoms with Crippen molar-refractivity contribution < 1.29 is 22.1 Å². The monoisotopic (exact) mass is 368 g/mol. The predicted molar refractivity (Wildman–Crippen MR) is 87.3 cm³/mol. The van der Waals surface area contributed by atoms with Gasteiger partial charge in [-0.2, -0.15) is 8.42 Å². The van der Waals surface area contributed by atoms with Crippen LogP contribution in [0.3, 0.4) is 0 Å². The highest BCUT2D eigenvalue weighted by atomic mass is 32.2. The molecule has 0 atom stereocenters. The summed E-state index contributed by atoms with van der Waals surface area (Å²) in [5.41, 5.74) is -1.89. The second-order valence-corrected chi connectivity index (χ2v) is 6.63. The fourth-order valence-corrected chi connectivity index (χ4v) is 3.49. The van der Waals surface area contributed by atoms with Crippen molar-refractivity contribution in [1.82, 2.24) is 9.13 Å². The Morgan fingerprint density at radius 1 is 1.08 bits per heavy atom. The molecular weight excluding hydrogens is 352 g/mol. The summed E-state index contributed by atoms with van der Waals surface area (Å²) in [6.07, 6.45) is 0. The van der Waals surface area contributed by atoms with Gasteiger partial charge >= 0.3 is 21.8 Å². The summed E-state index contributed by atoms with van der Waals surface area (Å²) in [6, 6.07) is 5.54. The third-order valence-corrected chi connectivity index (χ3v) is 5.02. The van der Waals surface area contributed by atoms with Crippen LogP contribution in [-0.2, 0) is 29.0 Å². The maximum atomic E-state index is 12.6. The Hall–Kier alpha value is -2.88. The van der Waals surface area contributed by atoms with Crippen molar-refractivity contribution in [2.24, 2.45) is 14.1 Å². The lowest BCUT2D eigenvalue weighted by molar-refractivity contribution is 0.0599. The minimum absolute atomic E-state index is 0.0800. The molecule has 0 N–H and O–H groups in total. The minimum Gasteiger partial charge on any atom is -0.465 e. The third kappa shape index (κ3) is 3.20. The zero-order chi connectivity index (χ0) is 18.9. The summed E-state index contributed by atoms with van der Waals surface area (Å²) in [4.78, 5) is 35.2. The number of aromatic nitrogens is 2. The zero-order valence-electron chi connectivity index (χ0n) is 14.0. The number of methoxy groups -OCH3 is 1. The van der Waals surface area contributed by atoms with Crippen LogP contribution in [0.4, 0.5) is 0 Å². The molecule has 0 spiro atoms. The van der Waals surface area contributed by atoms with Crippen LogP contribution >= 0.6 is 0 Å². The SMILES string of the molecule is COC(=O)c1ccccc1OS(=O)(=O)c1c(C)n(C)c(=O)n(C)c1=O. The van der Waals surface area contributed by atoms with Crippen LogP contribution in [0.2, 0.25) is 0 Å². The molecule has 1 heterocycles. The largest absolute Gasteiger partial charge is 0.465 e. The first-order valence-electron chi connectivity index (χ1n) is 7.00. The van der Waals surface area contributed by atoms with Crippen LogP contribution in [0.1, 0.15) is 16.1 Å². The molecule has 0 unspecified atom stereocenters.